The molecule has 10 heteroatoms. The van der Waals surface area contributed by atoms with E-state index in [2.05, 4.69) is 4.74 Å². The van der Waals surface area contributed by atoms with Crippen molar-refractivity contribution in [3.05, 3.63) is 52.5 Å². The van der Waals surface area contributed by atoms with Crippen LogP contribution >= 0.6 is 11.6 Å². The van der Waals surface area contributed by atoms with Crippen LogP contribution in [0.1, 0.15) is 36.2 Å². The Morgan fingerprint density at radius 3 is 2.58 bits per heavy atom. The Labute approximate surface area is 185 Å². The summed E-state index contributed by atoms with van der Waals surface area (Å²) in [5.41, 5.74) is 0.933. The molecule has 0 atom stereocenters. The highest BCUT2D eigenvalue weighted by molar-refractivity contribution is 7.89. The second-order valence-electron chi connectivity index (χ2n) is 6.93. The highest BCUT2D eigenvalue weighted by Crippen LogP contribution is 2.38. The van der Waals surface area contributed by atoms with Crippen molar-refractivity contribution in [2.45, 2.75) is 38.2 Å². The van der Waals surface area contributed by atoms with Crippen LogP contribution in [-0.4, -0.2) is 44.9 Å². The van der Waals surface area contributed by atoms with Gasteiger partial charge in [-0.3, -0.25) is 4.79 Å². The molecule has 31 heavy (non-hydrogen) atoms. The van der Waals surface area contributed by atoms with Crippen LogP contribution in [0.5, 0.6) is 5.75 Å². The van der Waals surface area contributed by atoms with Crippen LogP contribution < -0.4 is 9.64 Å². The van der Waals surface area contributed by atoms with Crippen LogP contribution in [0.2, 0.25) is 5.02 Å². The van der Waals surface area contributed by atoms with E-state index >= 15 is 0 Å². The molecule has 0 saturated carbocycles. The summed E-state index contributed by atoms with van der Waals surface area (Å²) in [6.07, 6.45) is 1.22. The van der Waals surface area contributed by atoms with Crippen molar-refractivity contribution in [3.8, 4) is 5.75 Å². The van der Waals surface area contributed by atoms with Crippen LogP contribution in [0.4, 0.5) is 14.5 Å². The van der Waals surface area contributed by atoms with Gasteiger partial charge in [0.05, 0.1) is 21.2 Å². The van der Waals surface area contributed by atoms with Gasteiger partial charge in [0, 0.05) is 19.6 Å². The number of benzene rings is 2. The van der Waals surface area contributed by atoms with Gasteiger partial charge in [-0.2, -0.15) is 13.1 Å². The maximum Gasteiger partial charge on any atom is 0.387 e. The number of hydrogen-bond acceptors (Lipinski definition) is 4. The van der Waals surface area contributed by atoms with Crippen molar-refractivity contribution in [2.24, 2.45) is 0 Å². The van der Waals surface area contributed by atoms with Crippen molar-refractivity contribution in [1.29, 1.82) is 0 Å². The number of anilines is 1. The number of amides is 1. The molecule has 1 aliphatic heterocycles. The lowest BCUT2D eigenvalue weighted by molar-refractivity contribution is -0.0495. The molecular formula is C21H23ClF2N2O4S. The molecule has 0 spiro atoms. The van der Waals surface area contributed by atoms with Gasteiger partial charge in [-0.1, -0.05) is 37.6 Å². The zero-order valence-corrected chi connectivity index (χ0v) is 18.7. The summed E-state index contributed by atoms with van der Waals surface area (Å²) in [6, 6.07) is 8.66. The first kappa shape index (κ1) is 23.4. The first-order valence-electron chi connectivity index (χ1n) is 9.89. The van der Waals surface area contributed by atoms with E-state index in [-0.39, 0.29) is 46.6 Å². The van der Waals surface area contributed by atoms with Gasteiger partial charge in [-0.05, 0) is 42.7 Å². The third kappa shape index (κ3) is 4.68. The quantitative estimate of drug-likeness (QED) is 0.592. The molecule has 0 N–H and O–H groups in total. The maximum absolute atomic E-state index is 13.4. The molecule has 6 nitrogen and oxygen atoms in total. The summed E-state index contributed by atoms with van der Waals surface area (Å²) in [5.74, 6) is -0.684. The number of aryl methyl sites for hydroxylation is 1. The minimum atomic E-state index is -3.81. The minimum Gasteiger partial charge on any atom is -0.433 e. The highest BCUT2D eigenvalue weighted by Gasteiger charge is 2.30. The van der Waals surface area contributed by atoms with Gasteiger partial charge in [-0.25, -0.2) is 8.42 Å². The number of carbonyl (C=O) groups is 1. The molecule has 0 aromatic heterocycles. The Morgan fingerprint density at radius 2 is 1.94 bits per heavy atom. The number of alkyl halides is 2. The Hall–Kier alpha value is -2.23. The average Bonchev–Trinajstić information content (AvgIpc) is 2.73. The van der Waals surface area contributed by atoms with Crippen molar-refractivity contribution >= 4 is 33.2 Å². The number of halogens is 3. The molecule has 0 radical (unpaired) electrons. The average molecular weight is 473 g/mol. The zero-order valence-electron chi connectivity index (χ0n) is 17.1. The van der Waals surface area contributed by atoms with Crippen LogP contribution in [-0.2, 0) is 16.4 Å². The summed E-state index contributed by atoms with van der Waals surface area (Å²) in [7, 11) is -3.81. The van der Waals surface area contributed by atoms with E-state index < -0.39 is 22.5 Å². The molecule has 0 bridgehead atoms. The van der Waals surface area contributed by atoms with Gasteiger partial charge in [0.1, 0.15) is 5.75 Å². The van der Waals surface area contributed by atoms with E-state index in [1.54, 1.807) is 26.0 Å². The van der Waals surface area contributed by atoms with Crippen molar-refractivity contribution in [2.75, 3.05) is 24.5 Å². The molecular weight excluding hydrogens is 450 g/mol. The fourth-order valence-corrected chi connectivity index (χ4v) is 5.38. The van der Waals surface area contributed by atoms with E-state index in [0.717, 1.165) is 0 Å². The molecule has 2 aromatic carbocycles. The number of fused-ring (bicyclic) bond motifs is 1. The van der Waals surface area contributed by atoms with Crippen LogP contribution in [0.15, 0.2) is 41.3 Å². The molecule has 0 fully saturated rings. The van der Waals surface area contributed by atoms with Crippen molar-refractivity contribution < 1.29 is 26.7 Å². The fraction of sp³-hybridized carbons (Fsp3) is 0.381. The predicted octanol–water partition coefficient (Wildman–Crippen LogP) is 4.56. The summed E-state index contributed by atoms with van der Waals surface area (Å²) in [6.45, 7) is 1.21. The number of hydrogen-bond donors (Lipinski definition) is 0. The number of sulfonamides is 1. The van der Waals surface area contributed by atoms with Crippen molar-refractivity contribution in [3.63, 3.8) is 0 Å². The van der Waals surface area contributed by atoms with Gasteiger partial charge in [0.25, 0.3) is 5.91 Å². The molecule has 0 unspecified atom stereocenters. The van der Waals surface area contributed by atoms with Gasteiger partial charge in [-0.15, -0.1) is 0 Å². The van der Waals surface area contributed by atoms with Gasteiger partial charge < -0.3 is 9.64 Å². The first-order valence-corrected chi connectivity index (χ1v) is 11.7. The first-order chi connectivity index (χ1) is 14.7. The number of nitrogens with zero attached hydrogens (tertiary/aromatic N) is 2. The third-order valence-corrected chi connectivity index (χ3v) is 7.53. The lowest BCUT2D eigenvalue weighted by atomic mass is 10.00. The standard InChI is InChI=1S/C21H23ClF2N2O4S/c1-3-25(4-2)31(28,29)15-10-11-17(22)16(13-15)20(27)26-12-6-8-14-7-5-9-18(19(14)26)30-21(23)24/h5,7,9-11,13,21H,3-4,6,8,12H2,1-2H3. The topological polar surface area (TPSA) is 66.9 Å². The largest absolute Gasteiger partial charge is 0.433 e. The highest BCUT2D eigenvalue weighted by atomic mass is 35.5. The number of ether oxygens (including phenoxy) is 1. The summed E-state index contributed by atoms with van der Waals surface area (Å²) in [5, 5.41) is 0.0721. The smallest absolute Gasteiger partial charge is 0.387 e. The van der Waals surface area contributed by atoms with Crippen LogP contribution in [0.25, 0.3) is 0 Å². The zero-order chi connectivity index (χ0) is 22.8. The summed E-state index contributed by atoms with van der Waals surface area (Å²) >= 11 is 6.25. The normalized spacial score (nSPS) is 14.1. The van der Waals surface area contributed by atoms with E-state index in [1.807, 2.05) is 0 Å². The number of rotatable bonds is 7. The lowest BCUT2D eigenvalue weighted by Gasteiger charge is -2.31. The molecule has 1 heterocycles. The molecule has 0 saturated heterocycles. The Morgan fingerprint density at radius 1 is 1.23 bits per heavy atom. The molecule has 0 aliphatic carbocycles. The van der Waals surface area contributed by atoms with Gasteiger partial charge >= 0.3 is 6.61 Å². The molecule has 2 aromatic rings. The predicted molar refractivity (Wildman–Crippen MR) is 115 cm³/mol. The van der Waals surface area contributed by atoms with E-state index in [4.69, 9.17) is 11.6 Å². The minimum absolute atomic E-state index is 0.0189. The maximum atomic E-state index is 13.4. The number of carbonyl (C=O) groups excluding carboxylic acids is 1. The van der Waals surface area contributed by atoms with Crippen LogP contribution in [0, 0.1) is 0 Å². The monoisotopic (exact) mass is 472 g/mol. The van der Waals surface area contributed by atoms with Crippen molar-refractivity contribution in [1.82, 2.24) is 4.31 Å². The van der Waals surface area contributed by atoms with Gasteiger partial charge in [0.2, 0.25) is 10.0 Å². The fourth-order valence-electron chi connectivity index (χ4n) is 3.70. The second-order valence-corrected chi connectivity index (χ2v) is 9.28. The second kappa shape index (κ2) is 9.50. The Bertz CT molecular complexity index is 1080. The Balaban J connectivity index is 2.06. The number of para-hydroxylation sites is 1. The van der Waals surface area contributed by atoms with E-state index in [9.17, 15) is 22.0 Å². The van der Waals surface area contributed by atoms with E-state index in [0.29, 0.717) is 18.4 Å². The molecule has 168 valence electrons. The van der Waals surface area contributed by atoms with Crippen LogP contribution in [0.3, 0.4) is 0 Å². The molecule has 3 rings (SSSR count). The SMILES string of the molecule is CCN(CC)S(=O)(=O)c1ccc(Cl)c(C(=O)N2CCCc3cccc(OC(F)F)c32)c1. The lowest BCUT2D eigenvalue weighted by Crippen LogP contribution is -2.36. The molecule has 1 amide bonds. The third-order valence-electron chi connectivity index (χ3n) is 5.15. The summed E-state index contributed by atoms with van der Waals surface area (Å²) < 4.78 is 57.5. The Kier molecular flexibility index (Phi) is 7.18. The van der Waals surface area contributed by atoms with Gasteiger partial charge in [0.15, 0.2) is 0 Å². The summed E-state index contributed by atoms with van der Waals surface area (Å²) in [4.78, 5) is 14.7. The molecule has 1 aliphatic rings. The van der Waals surface area contributed by atoms with E-state index in [1.165, 1.54) is 33.5 Å².